The Labute approximate surface area is 130 Å². The number of benzene rings is 2. The first-order chi connectivity index (χ1) is 10.2. The van der Waals surface area contributed by atoms with Crippen LogP contribution in [0.4, 0.5) is 0 Å². The Hall–Kier alpha value is -2.06. The predicted octanol–water partition coefficient (Wildman–Crippen LogP) is 4.18. The highest BCUT2D eigenvalue weighted by molar-refractivity contribution is 6.30. The third-order valence-electron chi connectivity index (χ3n) is 3.19. The molecule has 0 aliphatic heterocycles. The van der Waals surface area contributed by atoms with Gasteiger partial charge in [-0.25, -0.2) is 0 Å². The number of amides is 1. The summed E-state index contributed by atoms with van der Waals surface area (Å²) in [6, 6.07) is 19.3. The second-order valence-electron chi connectivity index (χ2n) is 4.77. The van der Waals surface area contributed by atoms with Gasteiger partial charge in [0, 0.05) is 13.1 Å². The van der Waals surface area contributed by atoms with Crippen molar-refractivity contribution in [3.63, 3.8) is 0 Å². The zero-order chi connectivity index (χ0) is 15.1. The highest BCUT2D eigenvalue weighted by atomic mass is 35.5. The van der Waals surface area contributed by atoms with Crippen LogP contribution in [0.25, 0.3) is 0 Å². The number of halogens is 1. The SMILES string of the molecule is C=CCN(Cc1ccccc1)C(=O)C(Cl)c1ccccc1. The minimum absolute atomic E-state index is 0.105. The molecule has 2 aromatic rings. The van der Waals surface area contributed by atoms with Crippen molar-refractivity contribution in [3.8, 4) is 0 Å². The summed E-state index contributed by atoms with van der Waals surface area (Å²) in [6.07, 6.45) is 1.72. The van der Waals surface area contributed by atoms with Gasteiger partial charge >= 0.3 is 0 Å². The summed E-state index contributed by atoms with van der Waals surface area (Å²) < 4.78 is 0. The molecule has 0 bridgehead atoms. The molecule has 1 unspecified atom stereocenters. The highest BCUT2D eigenvalue weighted by Gasteiger charge is 2.23. The molecule has 0 saturated carbocycles. The van der Waals surface area contributed by atoms with Crippen LogP contribution in [0.3, 0.4) is 0 Å². The quantitative estimate of drug-likeness (QED) is 0.579. The third kappa shape index (κ3) is 4.20. The van der Waals surface area contributed by atoms with Crippen LogP contribution in [0.15, 0.2) is 73.3 Å². The molecule has 108 valence electrons. The lowest BCUT2D eigenvalue weighted by Gasteiger charge is -2.24. The van der Waals surface area contributed by atoms with Crippen molar-refractivity contribution in [3.05, 3.63) is 84.4 Å². The number of nitrogens with zero attached hydrogens (tertiary/aromatic N) is 1. The Morgan fingerprint density at radius 3 is 2.24 bits per heavy atom. The van der Waals surface area contributed by atoms with Gasteiger partial charge in [-0.2, -0.15) is 0 Å². The van der Waals surface area contributed by atoms with Crippen LogP contribution in [0.5, 0.6) is 0 Å². The standard InChI is InChI=1S/C18H18ClNO/c1-2-13-20(14-15-9-5-3-6-10-15)18(21)17(19)16-11-7-4-8-12-16/h2-12,17H,1,13-14H2. The lowest BCUT2D eigenvalue weighted by atomic mass is 10.1. The van der Waals surface area contributed by atoms with Crippen molar-refractivity contribution in [1.29, 1.82) is 0 Å². The van der Waals surface area contributed by atoms with E-state index in [1.165, 1.54) is 0 Å². The molecule has 1 amide bonds. The molecule has 2 nitrogen and oxygen atoms in total. The van der Waals surface area contributed by atoms with E-state index in [2.05, 4.69) is 6.58 Å². The van der Waals surface area contributed by atoms with E-state index in [0.717, 1.165) is 11.1 Å². The number of hydrogen-bond acceptors (Lipinski definition) is 1. The fourth-order valence-electron chi connectivity index (χ4n) is 2.12. The summed E-state index contributed by atoms with van der Waals surface area (Å²) >= 11 is 6.33. The molecule has 1 atom stereocenters. The van der Waals surface area contributed by atoms with Crippen molar-refractivity contribution in [2.24, 2.45) is 0 Å². The molecule has 0 radical (unpaired) electrons. The minimum Gasteiger partial charge on any atom is -0.333 e. The van der Waals surface area contributed by atoms with E-state index in [9.17, 15) is 4.79 Å². The fourth-order valence-corrected chi connectivity index (χ4v) is 2.40. The van der Waals surface area contributed by atoms with Crippen LogP contribution in [0, 0.1) is 0 Å². The van der Waals surface area contributed by atoms with Crippen molar-refractivity contribution in [2.45, 2.75) is 11.9 Å². The molecular formula is C18H18ClNO. The van der Waals surface area contributed by atoms with Gasteiger partial charge in [0.1, 0.15) is 5.38 Å². The first-order valence-electron chi connectivity index (χ1n) is 6.85. The van der Waals surface area contributed by atoms with E-state index in [4.69, 9.17) is 11.6 Å². The van der Waals surface area contributed by atoms with Crippen molar-refractivity contribution >= 4 is 17.5 Å². The number of carbonyl (C=O) groups is 1. The molecule has 21 heavy (non-hydrogen) atoms. The first-order valence-corrected chi connectivity index (χ1v) is 7.28. The van der Waals surface area contributed by atoms with E-state index >= 15 is 0 Å². The summed E-state index contributed by atoms with van der Waals surface area (Å²) in [5, 5.41) is -0.671. The van der Waals surface area contributed by atoms with Crippen LogP contribution in [0.1, 0.15) is 16.5 Å². The van der Waals surface area contributed by atoms with Crippen molar-refractivity contribution < 1.29 is 4.79 Å². The normalized spacial score (nSPS) is 11.7. The summed E-state index contributed by atoms with van der Waals surface area (Å²) in [6.45, 7) is 4.73. The van der Waals surface area contributed by atoms with Gasteiger partial charge in [-0.05, 0) is 11.1 Å². The average Bonchev–Trinajstić information content (AvgIpc) is 2.55. The Bertz CT molecular complexity index is 583. The maximum atomic E-state index is 12.6. The number of carbonyl (C=O) groups excluding carboxylic acids is 1. The molecule has 0 aliphatic carbocycles. The van der Waals surface area contributed by atoms with Gasteiger partial charge in [0.05, 0.1) is 0 Å². The summed E-state index contributed by atoms with van der Waals surface area (Å²) in [7, 11) is 0. The van der Waals surface area contributed by atoms with Crippen LogP contribution >= 0.6 is 11.6 Å². The van der Waals surface area contributed by atoms with Gasteiger partial charge in [0.2, 0.25) is 5.91 Å². The third-order valence-corrected chi connectivity index (χ3v) is 3.63. The van der Waals surface area contributed by atoms with E-state index in [0.29, 0.717) is 13.1 Å². The Balaban J connectivity index is 2.14. The lowest BCUT2D eigenvalue weighted by Crippen LogP contribution is -2.33. The molecule has 0 aromatic heterocycles. The van der Waals surface area contributed by atoms with Gasteiger partial charge in [-0.3, -0.25) is 4.79 Å². The highest BCUT2D eigenvalue weighted by Crippen LogP contribution is 2.23. The number of hydrogen-bond donors (Lipinski definition) is 0. The van der Waals surface area contributed by atoms with Crippen LogP contribution < -0.4 is 0 Å². The summed E-state index contributed by atoms with van der Waals surface area (Å²) in [5.41, 5.74) is 1.89. The fraction of sp³-hybridized carbons (Fsp3) is 0.167. The Morgan fingerprint density at radius 2 is 1.67 bits per heavy atom. The van der Waals surface area contributed by atoms with Gasteiger partial charge < -0.3 is 4.90 Å². The van der Waals surface area contributed by atoms with Crippen molar-refractivity contribution in [2.75, 3.05) is 6.54 Å². The summed E-state index contributed by atoms with van der Waals surface area (Å²) in [5.74, 6) is -0.105. The number of alkyl halides is 1. The molecule has 2 rings (SSSR count). The zero-order valence-electron chi connectivity index (χ0n) is 11.8. The topological polar surface area (TPSA) is 20.3 Å². The minimum atomic E-state index is -0.671. The molecule has 0 fully saturated rings. The number of rotatable bonds is 6. The molecule has 0 saturated heterocycles. The molecule has 0 N–H and O–H groups in total. The predicted molar refractivity (Wildman–Crippen MR) is 87.1 cm³/mol. The monoisotopic (exact) mass is 299 g/mol. The molecule has 0 aliphatic rings. The largest absolute Gasteiger partial charge is 0.333 e. The van der Waals surface area contributed by atoms with Gasteiger partial charge in [-0.1, -0.05) is 66.7 Å². The smallest absolute Gasteiger partial charge is 0.245 e. The Kier molecular flexibility index (Phi) is 5.59. The second-order valence-corrected chi connectivity index (χ2v) is 5.20. The molecule has 0 heterocycles. The Morgan fingerprint density at radius 1 is 1.10 bits per heavy atom. The summed E-state index contributed by atoms with van der Waals surface area (Å²) in [4.78, 5) is 14.3. The van der Waals surface area contributed by atoms with E-state index in [-0.39, 0.29) is 5.91 Å². The van der Waals surface area contributed by atoms with Crippen LogP contribution in [-0.4, -0.2) is 17.4 Å². The van der Waals surface area contributed by atoms with E-state index in [1.807, 2.05) is 60.7 Å². The molecule has 3 heteroatoms. The van der Waals surface area contributed by atoms with Gasteiger partial charge in [0.15, 0.2) is 0 Å². The zero-order valence-corrected chi connectivity index (χ0v) is 12.5. The maximum Gasteiger partial charge on any atom is 0.245 e. The first kappa shape index (κ1) is 15.3. The molecular weight excluding hydrogens is 282 g/mol. The van der Waals surface area contributed by atoms with Gasteiger partial charge in [0.25, 0.3) is 0 Å². The average molecular weight is 300 g/mol. The lowest BCUT2D eigenvalue weighted by molar-refractivity contribution is -0.131. The molecule has 0 spiro atoms. The van der Waals surface area contributed by atoms with E-state index < -0.39 is 5.38 Å². The maximum absolute atomic E-state index is 12.6. The van der Waals surface area contributed by atoms with Crippen LogP contribution in [0.2, 0.25) is 0 Å². The van der Waals surface area contributed by atoms with E-state index in [1.54, 1.807) is 11.0 Å². The van der Waals surface area contributed by atoms with Gasteiger partial charge in [-0.15, -0.1) is 18.2 Å². The van der Waals surface area contributed by atoms with Crippen molar-refractivity contribution in [1.82, 2.24) is 4.90 Å². The molecule has 2 aromatic carbocycles. The van der Waals surface area contributed by atoms with Crippen LogP contribution in [-0.2, 0) is 11.3 Å². The second kappa shape index (κ2) is 7.65.